The van der Waals surface area contributed by atoms with Gasteiger partial charge in [0.15, 0.2) is 11.5 Å². The molecular weight excluding hydrogens is 504 g/mol. The molecule has 0 amide bonds. The number of allylic oxidation sites excluding steroid dienone is 1. The van der Waals surface area contributed by atoms with Gasteiger partial charge < -0.3 is 19.9 Å². The Labute approximate surface area is 212 Å². The molecule has 0 aliphatic carbocycles. The molecule has 4 aromatic carbocycles. The number of nitrogens with two attached hydrogens (primary N) is 1. The lowest BCUT2D eigenvalue weighted by Crippen LogP contribution is -2.21. The van der Waals surface area contributed by atoms with Gasteiger partial charge in [0.2, 0.25) is 5.88 Å². The highest BCUT2D eigenvalue weighted by Gasteiger charge is 2.32. The molecule has 35 heavy (non-hydrogen) atoms. The second-order valence-corrected chi connectivity index (χ2v) is 9.29. The number of rotatable bonds is 5. The highest BCUT2D eigenvalue weighted by atomic mass is 79.9. The van der Waals surface area contributed by atoms with Crippen molar-refractivity contribution in [3.63, 3.8) is 0 Å². The van der Waals surface area contributed by atoms with Crippen LogP contribution >= 0.6 is 15.9 Å². The number of benzene rings is 4. The fraction of sp³-hybridized carbons (Fsp3) is 0.138. The predicted octanol–water partition coefficient (Wildman–Crippen LogP) is 6.72. The van der Waals surface area contributed by atoms with Crippen molar-refractivity contribution in [3.8, 4) is 23.3 Å². The van der Waals surface area contributed by atoms with Crippen molar-refractivity contribution in [2.75, 3.05) is 7.11 Å². The largest absolute Gasteiger partial charge is 0.493 e. The summed E-state index contributed by atoms with van der Waals surface area (Å²) in [5.74, 6) is 1.52. The van der Waals surface area contributed by atoms with E-state index in [1.165, 1.54) is 5.56 Å². The number of hydrogen-bond donors (Lipinski definition) is 1. The lowest BCUT2D eigenvalue weighted by molar-refractivity contribution is 0.282. The van der Waals surface area contributed by atoms with E-state index in [1.54, 1.807) is 7.11 Å². The molecule has 2 N–H and O–H groups in total. The summed E-state index contributed by atoms with van der Waals surface area (Å²) in [6, 6.07) is 26.3. The monoisotopic (exact) mass is 526 g/mol. The molecule has 0 fully saturated rings. The number of hydrogen-bond acceptors (Lipinski definition) is 5. The van der Waals surface area contributed by atoms with Crippen molar-refractivity contribution < 1.29 is 14.2 Å². The van der Waals surface area contributed by atoms with Crippen LogP contribution in [0.4, 0.5) is 0 Å². The van der Waals surface area contributed by atoms with Gasteiger partial charge in [0.05, 0.1) is 17.5 Å². The van der Waals surface area contributed by atoms with E-state index in [1.807, 2.05) is 60.7 Å². The minimum Gasteiger partial charge on any atom is -0.493 e. The second kappa shape index (κ2) is 9.36. The molecule has 5 rings (SSSR count). The van der Waals surface area contributed by atoms with Gasteiger partial charge in [-0.2, -0.15) is 5.26 Å². The van der Waals surface area contributed by atoms with Crippen LogP contribution in [0.25, 0.3) is 10.8 Å². The molecule has 1 unspecified atom stereocenters. The quantitative estimate of drug-likeness (QED) is 0.312. The topological polar surface area (TPSA) is 77.5 Å². The van der Waals surface area contributed by atoms with E-state index in [9.17, 15) is 5.26 Å². The van der Waals surface area contributed by atoms with Gasteiger partial charge >= 0.3 is 0 Å². The molecule has 0 radical (unpaired) electrons. The maximum atomic E-state index is 9.98. The highest BCUT2D eigenvalue weighted by Crippen LogP contribution is 2.48. The van der Waals surface area contributed by atoms with Crippen LogP contribution in [0.3, 0.4) is 0 Å². The summed E-state index contributed by atoms with van der Waals surface area (Å²) in [6.45, 7) is 2.45. The lowest BCUT2D eigenvalue weighted by Gasteiger charge is -2.28. The van der Waals surface area contributed by atoms with Crippen LogP contribution in [0.2, 0.25) is 0 Å². The standard InChI is InChI=1S/C29H23BrN2O3/c1-17-7-9-18(10-8-17)16-34-28-24(30)13-20(14-25(28)33-2)26-22-12-11-19-5-3-4-6-21(19)27(22)35-29(32)23(26)15-31/h3-14,26H,16,32H2,1-2H3. The fourth-order valence-electron chi connectivity index (χ4n) is 4.42. The fourth-order valence-corrected chi connectivity index (χ4v) is 4.99. The third-order valence-electron chi connectivity index (χ3n) is 6.20. The van der Waals surface area contributed by atoms with Crippen molar-refractivity contribution in [3.05, 3.63) is 111 Å². The Balaban J connectivity index is 1.58. The van der Waals surface area contributed by atoms with Gasteiger partial charge in [-0.05, 0) is 51.5 Å². The molecule has 4 aromatic rings. The first-order chi connectivity index (χ1) is 17.0. The summed E-state index contributed by atoms with van der Waals surface area (Å²) in [5, 5.41) is 12.0. The molecule has 0 bridgehead atoms. The van der Waals surface area contributed by atoms with E-state index in [-0.39, 0.29) is 5.88 Å². The summed E-state index contributed by atoms with van der Waals surface area (Å²) < 4.78 is 18.5. The second-order valence-electron chi connectivity index (χ2n) is 8.44. The molecule has 1 atom stereocenters. The van der Waals surface area contributed by atoms with Gasteiger partial charge in [-0.15, -0.1) is 0 Å². The Bertz CT molecular complexity index is 1500. The SMILES string of the molecule is COc1cc(C2C(C#N)=C(N)Oc3c2ccc2ccccc32)cc(Br)c1OCc1ccc(C)cc1. The maximum Gasteiger partial charge on any atom is 0.205 e. The zero-order valence-electron chi connectivity index (χ0n) is 19.3. The molecule has 1 aliphatic rings. The number of nitriles is 1. The van der Waals surface area contributed by atoms with E-state index in [2.05, 4.69) is 41.1 Å². The van der Waals surface area contributed by atoms with E-state index in [0.717, 1.165) is 31.9 Å². The van der Waals surface area contributed by atoms with Crippen LogP contribution in [-0.4, -0.2) is 7.11 Å². The van der Waals surface area contributed by atoms with Gasteiger partial charge in [0.25, 0.3) is 0 Å². The van der Waals surface area contributed by atoms with Crippen LogP contribution in [0.15, 0.2) is 88.7 Å². The molecule has 0 saturated carbocycles. The Morgan fingerprint density at radius 3 is 2.57 bits per heavy atom. The summed E-state index contributed by atoms with van der Waals surface area (Å²) in [6.07, 6.45) is 0. The van der Waals surface area contributed by atoms with Crippen LogP contribution in [0.5, 0.6) is 17.2 Å². The summed E-state index contributed by atoms with van der Waals surface area (Å²) >= 11 is 3.66. The molecule has 6 heteroatoms. The van der Waals surface area contributed by atoms with Crippen LogP contribution in [0.1, 0.15) is 28.2 Å². The summed E-state index contributed by atoms with van der Waals surface area (Å²) in [4.78, 5) is 0. The van der Waals surface area contributed by atoms with Crippen LogP contribution < -0.4 is 19.9 Å². The average Bonchev–Trinajstić information content (AvgIpc) is 2.87. The first kappa shape index (κ1) is 22.8. The van der Waals surface area contributed by atoms with E-state index in [0.29, 0.717) is 29.4 Å². The smallest absolute Gasteiger partial charge is 0.205 e. The van der Waals surface area contributed by atoms with Crippen molar-refractivity contribution >= 4 is 26.7 Å². The molecule has 174 valence electrons. The van der Waals surface area contributed by atoms with Gasteiger partial charge in [0.1, 0.15) is 24.0 Å². The third kappa shape index (κ3) is 4.20. The highest BCUT2D eigenvalue weighted by molar-refractivity contribution is 9.10. The van der Waals surface area contributed by atoms with Gasteiger partial charge in [-0.25, -0.2) is 0 Å². The Morgan fingerprint density at radius 1 is 1.06 bits per heavy atom. The Hall–Kier alpha value is -3.95. The van der Waals surface area contributed by atoms with E-state index < -0.39 is 5.92 Å². The lowest BCUT2D eigenvalue weighted by atomic mass is 9.82. The normalized spacial score (nSPS) is 14.7. The van der Waals surface area contributed by atoms with Crippen molar-refractivity contribution in [2.24, 2.45) is 5.73 Å². The zero-order valence-corrected chi connectivity index (χ0v) is 20.9. The number of ether oxygens (including phenoxy) is 3. The molecule has 5 nitrogen and oxygen atoms in total. The average molecular weight is 527 g/mol. The molecule has 1 heterocycles. The van der Waals surface area contributed by atoms with Crippen LogP contribution in [-0.2, 0) is 6.61 Å². The Morgan fingerprint density at radius 2 is 1.83 bits per heavy atom. The number of fused-ring (bicyclic) bond motifs is 3. The summed E-state index contributed by atoms with van der Waals surface area (Å²) in [7, 11) is 1.60. The van der Waals surface area contributed by atoms with Gasteiger partial charge in [0, 0.05) is 10.9 Å². The van der Waals surface area contributed by atoms with Crippen molar-refractivity contribution in [1.82, 2.24) is 0 Å². The molecule has 0 saturated heterocycles. The number of methoxy groups -OCH3 is 1. The van der Waals surface area contributed by atoms with E-state index >= 15 is 0 Å². The van der Waals surface area contributed by atoms with Gasteiger partial charge in [-0.3, -0.25) is 0 Å². The third-order valence-corrected chi connectivity index (χ3v) is 6.79. The molecule has 1 aliphatic heterocycles. The zero-order chi connectivity index (χ0) is 24.5. The van der Waals surface area contributed by atoms with Crippen LogP contribution in [0, 0.1) is 18.3 Å². The van der Waals surface area contributed by atoms with Crippen molar-refractivity contribution in [2.45, 2.75) is 19.4 Å². The molecule has 0 spiro atoms. The number of nitrogens with zero attached hydrogens (tertiary/aromatic N) is 1. The summed E-state index contributed by atoms with van der Waals surface area (Å²) in [5.41, 5.74) is 10.6. The maximum absolute atomic E-state index is 9.98. The van der Waals surface area contributed by atoms with Crippen molar-refractivity contribution in [1.29, 1.82) is 5.26 Å². The minimum absolute atomic E-state index is 0.108. The van der Waals surface area contributed by atoms with E-state index in [4.69, 9.17) is 19.9 Å². The molecule has 0 aromatic heterocycles. The molecular formula is C29H23BrN2O3. The minimum atomic E-state index is -0.412. The first-order valence-electron chi connectivity index (χ1n) is 11.1. The van der Waals surface area contributed by atoms with Gasteiger partial charge in [-0.1, -0.05) is 66.2 Å². The number of halogens is 1. The Kier molecular flexibility index (Phi) is 6.10. The first-order valence-corrected chi connectivity index (χ1v) is 11.9. The number of aryl methyl sites for hydroxylation is 1. The predicted molar refractivity (Wildman–Crippen MR) is 139 cm³/mol.